The molecular weight excluding hydrogens is 392 g/mol. The Morgan fingerprint density at radius 2 is 1.74 bits per heavy atom. The van der Waals surface area contributed by atoms with Crippen molar-refractivity contribution in [3.63, 3.8) is 0 Å². The molecule has 2 aliphatic rings. The molecule has 2 aromatic carbocycles. The number of ether oxygens (including phenoxy) is 3. The number of likely N-dealkylation sites (tertiary alicyclic amines) is 1. The molecule has 0 saturated carbocycles. The number of carbonyl (C=O) groups excluding carboxylic acids is 1. The van der Waals surface area contributed by atoms with Gasteiger partial charge in [-0.05, 0) is 36.8 Å². The van der Waals surface area contributed by atoms with Crippen molar-refractivity contribution in [1.82, 2.24) is 9.88 Å². The molecule has 2 saturated heterocycles. The fraction of sp³-hybridized carbons (Fsp3) is 0.360. The number of fused-ring (bicyclic) bond motifs is 1. The Labute approximate surface area is 181 Å². The van der Waals surface area contributed by atoms with Gasteiger partial charge in [-0.1, -0.05) is 30.3 Å². The molecule has 31 heavy (non-hydrogen) atoms. The van der Waals surface area contributed by atoms with Crippen LogP contribution in [0.3, 0.4) is 0 Å². The van der Waals surface area contributed by atoms with E-state index in [0.29, 0.717) is 26.3 Å². The van der Waals surface area contributed by atoms with E-state index in [9.17, 15) is 4.79 Å². The molecule has 0 unspecified atom stereocenters. The Hall–Kier alpha value is -2.96. The maximum absolute atomic E-state index is 12.7. The molecule has 1 aromatic heterocycles. The Balaban J connectivity index is 1.19. The van der Waals surface area contributed by atoms with E-state index >= 15 is 0 Å². The second-order valence-corrected chi connectivity index (χ2v) is 8.19. The van der Waals surface area contributed by atoms with Crippen molar-refractivity contribution in [2.75, 3.05) is 26.3 Å². The molecular formula is C25H26N2O4. The highest BCUT2D eigenvalue weighted by molar-refractivity contribution is 5.84. The highest BCUT2D eigenvalue weighted by Crippen LogP contribution is 2.28. The van der Waals surface area contributed by atoms with Gasteiger partial charge in [0.1, 0.15) is 11.9 Å². The van der Waals surface area contributed by atoms with Gasteiger partial charge in [-0.15, -0.1) is 0 Å². The van der Waals surface area contributed by atoms with E-state index in [1.807, 2.05) is 41.4 Å². The number of pyridine rings is 1. The number of piperidine rings is 1. The maximum Gasteiger partial charge on any atom is 0.282 e. The average Bonchev–Trinajstić information content (AvgIpc) is 3.27. The first-order valence-corrected chi connectivity index (χ1v) is 10.8. The van der Waals surface area contributed by atoms with E-state index < -0.39 is 5.79 Å². The summed E-state index contributed by atoms with van der Waals surface area (Å²) in [6.45, 7) is 3.93. The lowest BCUT2D eigenvalue weighted by Gasteiger charge is -2.35. The largest absolute Gasteiger partial charge is 0.490 e. The van der Waals surface area contributed by atoms with Crippen LogP contribution in [0.4, 0.5) is 0 Å². The monoisotopic (exact) mass is 418 g/mol. The van der Waals surface area contributed by atoms with Crippen LogP contribution >= 0.6 is 0 Å². The number of hydrogen-bond acceptors (Lipinski definition) is 5. The zero-order valence-electron chi connectivity index (χ0n) is 17.6. The first-order valence-electron chi connectivity index (χ1n) is 10.8. The Morgan fingerprint density at radius 1 is 1.03 bits per heavy atom. The zero-order valence-corrected chi connectivity index (χ0v) is 17.6. The van der Waals surface area contributed by atoms with E-state index in [1.165, 1.54) is 0 Å². The number of rotatable bonds is 4. The second kappa shape index (κ2) is 8.29. The highest BCUT2D eigenvalue weighted by Gasteiger charge is 2.43. The minimum absolute atomic E-state index is 0.0863. The van der Waals surface area contributed by atoms with Gasteiger partial charge in [0, 0.05) is 43.1 Å². The van der Waals surface area contributed by atoms with E-state index in [1.54, 1.807) is 6.92 Å². The second-order valence-electron chi connectivity index (χ2n) is 8.19. The number of amides is 1. The fourth-order valence-electron chi connectivity index (χ4n) is 4.25. The lowest BCUT2D eigenvalue weighted by atomic mass is 10.0. The first kappa shape index (κ1) is 20.0. The molecule has 0 bridgehead atoms. The van der Waals surface area contributed by atoms with Gasteiger partial charge >= 0.3 is 0 Å². The van der Waals surface area contributed by atoms with E-state index in [4.69, 9.17) is 14.2 Å². The van der Waals surface area contributed by atoms with Crippen molar-refractivity contribution in [1.29, 1.82) is 0 Å². The summed E-state index contributed by atoms with van der Waals surface area (Å²) in [5.74, 6) is -0.366. The van der Waals surface area contributed by atoms with Gasteiger partial charge < -0.3 is 19.1 Å². The summed E-state index contributed by atoms with van der Waals surface area (Å²) in [7, 11) is 0. The van der Waals surface area contributed by atoms with Crippen LogP contribution < -0.4 is 4.74 Å². The molecule has 0 aliphatic carbocycles. The number of hydrogen-bond donors (Lipinski definition) is 0. The molecule has 160 valence electrons. The molecule has 3 heterocycles. The first-order chi connectivity index (χ1) is 15.1. The van der Waals surface area contributed by atoms with Crippen LogP contribution in [0.5, 0.6) is 5.75 Å². The van der Waals surface area contributed by atoms with Crippen molar-refractivity contribution < 1.29 is 19.0 Å². The molecule has 6 heteroatoms. The molecule has 2 aliphatic heterocycles. The molecule has 1 amide bonds. The van der Waals surface area contributed by atoms with Gasteiger partial charge in [0.25, 0.3) is 5.91 Å². The Morgan fingerprint density at radius 3 is 2.48 bits per heavy atom. The van der Waals surface area contributed by atoms with Crippen molar-refractivity contribution in [3.05, 3.63) is 60.8 Å². The lowest BCUT2D eigenvalue weighted by Crippen LogP contribution is -2.51. The van der Waals surface area contributed by atoms with Crippen LogP contribution in [0, 0.1) is 0 Å². The summed E-state index contributed by atoms with van der Waals surface area (Å²) in [6.07, 6.45) is 3.58. The van der Waals surface area contributed by atoms with E-state index in [0.717, 1.165) is 40.6 Å². The minimum atomic E-state index is -1.12. The zero-order chi connectivity index (χ0) is 21.3. The Kier molecular flexibility index (Phi) is 5.34. The fourth-order valence-corrected chi connectivity index (χ4v) is 4.25. The average molecular weight is 418 g/mol. The minimum Gasteiger partial charge on any atom is -0.490 e. The van der Waals surface area contributed by atoms with Gasteiger partial charge in [0.05, 0.1) is 18.7 Å². The maximum atomic E-state index is 12.7. The lowest BCUT2D eigenvalue weighted by molar-refractivity contribution is -0.189. The number of carbonyl (C=O) groups is 1. The number of benzene rings is 2. The number of nitrogens with zero attached hydrogens (tertiary/aromatic N) is 2. The molecule has 3 aromatic rings. The number of aromatic nitrogens is 1. The van der Waals surface area contributed by atoms with Gasteiger partial charge in [-0.3, -0.25) is 9.78 Å². The number of para-hydroxylation sites is 1. The molecule has 0 spiro atoms. The topological polar surface area (TPSA) is 60.9 Å². The molecule has 0 atom stereocenters. The Bertz CT molecular complexity index is 1070. The van der Waals surface area contributed by atoms with Crippen LogP contribution in [-0.4, -0.2) is 54.0 Å². The van der Waals surface area contributed by atoms with Crippen molar-refractivity contribution in [2.24, 2.45) is 0 Å². The van der Waals surface area contributed by atoms with Crippen LogP contribution in [0.25, 0.3) is 22.0 Å². The highest BCUT2D eigenvalue weighted by atomic mass is 16.7. The predicted octanol–water partition coefficient (Wildman–Crippen LogP) is 4.03. The van der Waals surface area contributed by atoms with E-state index in [-0.39, 0.29) is 12.0 Å². The van der Waals surface area contributed by atoms with Crippen LogP contribution in [-0.2, 0) is 14.3 Å². The summed E-state index contributed by atoms with van der Waals surface area (Å²) < 4.78 is 17.2. The van der Waals surface area contributed by atoms with Crippen LogP contribution in [0.2, 0.25) is 0 Å². The molecule has 0 N–H and O–H groups in total. The molecule has 0 radical (unpaired) electrons. The quantitative estimate of drug-likeness (QED) is 0.640. The summed E-state index contributed by atoms with van der Waals surface area (Å²) in [4.78, 5) is 19.0. The van der Waals surface area contributed by atoms with Crippen LogP contribution in [0.15, 0.2) is 60.8 Å². The van der Waals surface area contributed by atoms with Crippen molar-refractivity contribution in [2.45, 2.75) is 31.7 Å². The molecule has 5 rings (SSSR count). The van der Waals surface area contributed by atoms with Gasteiger partial charge in [0.2, 0.25) is 5.79 Å². The normalized spacial score (nSPS) is 18.9. The third kappa shape index (κ3) is 4.13. The van der Waals surface area contributed by atoms with Gasteiger partial charge in [-0.25, -0.2) is 0 Å². The smallest absolute Gasteiger partial charge is 0.282 e. The van der Waals surface area contributed by atoms with E-state index in [2.05, 4.69) is 29.2 Å². The third-order valence-corrected chi connectivity index (χ3v) is 6.04. The molecule has 2 fully saturated rings. The summed E-state index contributed by atoms with van der Waals surface area (Å²) in [5, 5.41) is 1.13. The SMILES string of the molecule is CC1(C(=O)N2CCC(Oc3ccc(-c4cnc5ccccc5c4)cc3)CC2)OCCO1. The van der Waals surface area contributed by atoms with Crippen LogP contribution in [0.1, 0.15) is 19.8 Å². The standard InChI is InChI=1S/C25H26N2O4/c1-25(29-14-15-30-25)24(28)27-12-10-22(11-13-27)31-21-8-6-18(7-9-21)20-16-19-4-2-3-5-23(19)26-17-20/h2-9,16-17,22H,10-15H2,1H3. The third-order valence-electron chi connectivity index (χ3n) is 6.04. The summed E-state index contributed by atoms with van der Waals surface area (Å²) >= 11 is 0. The van der Waals surface area contributed by atoms with Gasteiger partial charge in [0.15, 0.2) is 0 Å². The van der Waals surface area contributed by atoms with Crippen molar-refractivity contribution in [3.8, 4) is 16.9 Å². The predicted molar refractivity (Wildman–Crippen MR) is 118 cm³/mol. The summed E-state index contributed by atoms with van der Waals surface area (Å²) in [6, 6.07) is 18.4. The van der Waals surface area contributed by atoms with Gasteiger partial charge in [-0.2, -0.15) is 0 Å². The molecule has 6 nitrogen and oxygen atoms in total. The van der Waals surface area contributed by atoms with Crippen molar-refractivity contribution >= 4 is 16.8 Å². The summed E-state index contributed by atoms with van der Waals surface area (Å²) in [5.41, 5.74) is 3.19.